The van der Waals surface area contributed by atoms with E-state index in [9.17, 15) is 9.59 Å². The molecule has 7 nitrogen and oxygen atoms in total. The molecule has 2 amide bonds. The van der Waals surface area contributed by atoms with Crippen LogP contribution in [-0.4, -0.2) is 30.1 Å². The predicted octanol–water partition coefficient (Wildman–Crippen LogP) is 2.95. The smallest absolute Gasteiger partial charge is 0.276 e. The second-order valence-electron chi connectivity index (χ2n) is 6.21. The summed E-state index contributed by atoms with van der Waals surface area (Å²) in [6.45, 7) is 2.15. The van der Waals surface area contributed by atoms with E-state index in [-0.39, 0.29) is 11.7 Å². The lowest BCUT2D eigenvalue weighted by molar-refractivity contribution is -0.123. The Bertz CT molecular complexity index is 1070. The van der Waals surface area contributed by atoms with Crippen LogP contribution in [0.5, 0.6) is 11.5 Å². The Hall–Kier alpha value is -3.65. The standard InChI is InChI=1S/C22H21N3O4S/c1-2-28-18-9-5-8-17(13-18)21(27)23-22(30)25-24-20(26)14-29-19-11-10-15-6-3-4-7-16(15)12-19/h3-13H,2,14H2,1H3,(H,24,26)(H2,23,25,27,30). The lowest BCUT2D eigenvalue weighted by atomic mass is 10.1. The number of amides is 2. The van der Waals surface area contributed by atoms with Gasteiger partial charge in [-0.25, -0.2) is 0 Å². The van der Waals surface area contributed by atoms with Crippen molar-refractivity contribution in [3.63, 3.8) is 0 Å². The summed E-state index contributed by atoms with van der Waals surface area (Å²) in [5.41, 5.74) is 5.25. The van der Waals surface area contributed by atoms with Gasteiger partial charge in [-0.1, -0.05) is 36.4 Å². The molecular weight excluding hydrogens is 402 g/mol. The van der Waals surface area contributed by atoms with Crippen LogP contribution in [0.15, 0.2) is 66.7 Å². The molecule has 3 N–H and O–H groups in total. The summed E-state index contributed by atoms with van der Waals surface area (Å²) in [5, 5.41) is 4.55. The van der Waals surface area contributed by atoms with Crippen molar-refractivity contribution in [2.75, 3.05) is 13.2 Å². The van der Waals surface area contributed by atoms with Crippen molar-refractivity contribution in [1.29, 1.82) is 0 Å². The molecule has 0 bridgehead atoms. The molecule has 0 aromatic heterocycles. The van der Waals surface area contributed by atoms with Gasteiger partial charge in [0, 0.05) is 5.56 Å². The number of benzene rings is 3. The van der Waals surface area contributed by atoms with Crippen molar-refractivity contribution in [3.8, 4) is 11.5 Å². The van der Waals surface area contributed by atoms with Gasteiger partial charge >= 0.3 is 0 Å². The maximum Gasteiger partial charge on any atom is 0.276 e. The molecule has 0 aliphatic carbocycles. The summed E-state index contributed by atoms with van der Waals surface area (Å²) in [4.78, 5) is 24.2. The van der Waals surface area contributed by atoms with Crippen LogP contribution < -0.4 is 25.6 Å². The Balaban J connectivity index is 1.44. The monoisotopic (exact) mass is 423 g/mol. The van der Waals surface area contributed by atoms with Gasteiger partial charge in [0.2, 0.25) is 0 Å². The van der Waals surface area contributed by atoms with Crippen molar-refractivity contribution in [2.24, 2.45) is 0 Å². The number of thiocarbonyl (C=S) groups is 1. The molecule has 3 aromatic rings. The largest absolute Gasteiger partial charge is 0.494 e. The fraction of sp³-hybridized carbons (Fsp3) is 0.136. The van der Waals surface area contributed by atoms with E-state index in [0.717, 1.165) is 10.8 Å². The second kappa shape index (κ2) is 10.2. The van der Waals surface area contributed by atoms with Gasteiger partial charge in [0.15, 0.2) is 11.7 Å². The topological polar surface area (TPSA) is 88.7 Å². The maximum atomic E-state index is 12.2. The van der Waals surface area contributed by atoms with Crippen LogP contribution in [0.1, 0.15) is 17.3 Å². The normalized spacial score (nSPS) is 10.2. The van der Waals surface area contributed by atoms with Crippen molar-refractivity contribution < 1.29 is 19.1 Å². The molecular formula is C22H21N3O4S. The zero-order valence-corrected chi connectivity index (χ0v) is 17.1. The maximum absolute atomic E-state index is 12.2. The Morgan fingerprint density at radius 3 is 2.43 bits per heavy atom. The minimum Gasteiger partial charge on any atom is -0.494 e. The van der Waals surface area contributed by atoms with Crippen LogP contribution in [0.25, 0.3) is 10.8 Å². The second-order valence-corrected chi connectivity index (χ2v) is 6.62. The van der Waals surface area contributed by atoms with E-state index in [1.54, 1.807) is 30.3 Å². The Morgan fingerprint density at radius 1 is 0.867 bits per heavy atom. The quantitative estimate of drug-likeness (QED) is 0.417. The van der Waals surface area contributed by atoms with E-state index in [0.29, 0.717) is 23.7 Å². The van der Waals surface area contributed by atoms with E-state index in [1.165, 1.54) is 0 Å². The van der Waals surface area contributed by atoms with Crippen LogP contribution in [0, 0.1) is 0 Å². The average Bonchev–Trinajstić information content (AvgIpc) is 2.76. The first-order valence-electron chi connectivity index (χ1n) is 9.30. The molecule has 30 heavy (non-hydrogen) atoms. The molecule has 8 heteroatoms. The van der Waals surface area contributed by atoms with Gasteiger partial charge in [0.1, 0.15) is 11.5 Å². The summed E-state index contributed by atoms with van der Waals surface area (Å²) >= 11 is 5.03. The average molecular weight is 423 g/mol. The van der Waals surface area contributed by atoms with Crippen LogP contribution in [-0.2, 0) is 4.79 Å². The van der Waals surface area contributed by atoms with Crippen molar-refractivity contribution in [3.05, 3.63) is 72.3 Å². The lowest BCUT2D eigenvalue weighted by Crippen LogP contribution is -2.49. The third-order valence-corrected chi connectivity index (χ3v) is 4.24. The lowest BCUT2D eigenvalue weighted by Gasteiger charge is -2.12. The fourth-order valence-corrected chi connectivity index (χ4v) is 2.81. The highest BCUT2D eigenvalue weighted by molar-refractivity contribution is 7.80. The summed E-state index contributed by atoms with van der Waals surface area (Å²) in [6, 6.07) is 20.1. The van der Waals surface area contributed by atoms with E-state index < -0.39 is 11.8 Å². The van der Waals surface area contributed by atoms with Crippen LogP contribution in [0.4, 0.5) is 0 Å². The summed E-state index contributed by atoms with van der Waals surface area (Å²) < 4.78 is 10.9. The van der Waals surface area contributed by atoms with Gasteiger partial charge in [-0.05, 0) is 60.2 Å². The third-order valence-electron chi connectivity index (χ3n) is 4.04. The molecule has 0 aliphatic rings. The number of hydrazine groups is 1. The summed E-state index contributed by atoms with van der Waals surface area (Å²) in [7, 11) is 0. The molecule has 0 saturated heterocycles. The molecule has 154 valence electrons. The van der Waals surface area contributed by atoms with Gasteiger partial charge in [-0.3, -0.25) is 25.8 Å². The minimum atomic E-state index is -0.446. The molecule has 0 heterocycles. The summed E-state index contributed by atoms with van der Waals surface area (Å²) in [5.74, 6) is 0.297. The van der Waals surface area contributed by atoms with Crippen LogP contribution in [0.2, 0.25) is 0 Å². The predicted molar refractivity (Wildman–Crippen MR) is 118 cm³/mol. The molecule has 0 radical (unpaired) electrons. The van der Waals surface area contributed by atoms with Crippen molar-refractivity contribution in [1.82, 2.24) is 16.2 Å². The van der Waals surface area contributed by atoms with Gasteiger partial charge in [-0.15, -0.1) is 0 Å². The Morgan fingerprint density at radius 2 is 1.63 bits per heavy atom. The number of rotatable bonds is 6. The number of hydrogen-bond donors (Lipinski definition) is 3. The number of hydrogen-bond acceptors (Lipinski definition) is 5. The highest BCUT2D eigenvalue weighted by Crippen LogP contribution is 2.20. The highest BCUT2D eigenvalue weighted by Gasteiger charge is 2.10. The molecule has 0 atom stereocenters. The number of carbonyl (C=O) groups is 2. The van der Waals surface area contributed by atoms with Crippen molar-refractivity contribution in [2.45, 2.75) is 6.92 Å². The highest BCUT2D eigenvalue weighted by atomic mass is 32.1. The van der Waals surface area contributed by atoms with Crippen LogP contribution >= 0.6 is 12.2 Å². The first-order chi connectivity index (χ1) is 14.5. The van der Waals surface area contributed by atoms with E-state index in [2.05, 4.69) is 16.2 Å². The van der Waals surface area contributed by atoms with Gasteiger partial charge in [0.25, 0.3) is 11.8 Å². The van der Waals surface area contributed by atoms with Gasteiger partial charge in [-0.2, -0.15) is 0 Å². The van der Waals surface area contributed by atoms with Crippen molar-refractivity contribution >= 4 is 39.9 Å². The number of nitrogens with one attached hydrogen (secondary N) is 3. The zero-order chi connectivity index (χ0) is 21.3. The molecule has 3 aromatic carbocycles. The van der Waals surface area contributed by atoms with Gasteiger partial charge in [0.05, 0.1) is 6.61 Å². The van der Waals surface area contributed by atoms with Crippen LogP contribution in [0.3, 0.4) is 0 Å². The first kappa shape index (κ1) is 21.1. The van der Waals surface area contributed by atoms with E-state index in [1.807, 2.05) is 43.3 Å². The minimum absolute atomic E-state index is 0.0409. The Kier molecular flexibility index (Phi) is 7.18. The fourth-order valence-electron chi connectivity index (χ4n) is 2.67. The SMILES string of the molecule is CCOc1cccc(C(=O)NC(=S)NNC(=O)COc2ccc3ccccc3c2)c1. The van der Waals surface area contributed by atoms with E-state index >= 15 is 0 Å². The number of ether oxygens (including phenoxy) is 2. The molecule has 3 rings (SSSR count). The molecule has 0 fully saturated rings. The third kappa shape index (κ3) is 5.92. The molecule has 0 saturated carbocycles. The molecule has 0 unspecified atom stereocenters. The molecule has 0 spiro atoms. The first-order valence-corrected chi connectivity index (χ1v) is 9.70. The summed E-state index contributed by atoms with van der Waals surface area (Å²) in [6.07, 6.45) is 0. The number of fused-ring (bicyclic) bond motifs is 1. The van der Waals surface area contributed by atoms with E-state index in [4.69, 9.17) is 21.7 Å². The Labute approximate surface area is 179 Å². The number of carbonyl (C=O) groups excluding carboxylic acids is 2. The zero-order valence-electron chi connectivity index (χ0n) is 16.3. The molecule has 0 aliphatic heterocycles. The van der Waals surface area contributed by atoms with Gasteiger partial charge < -0.3 is 9.47 Å².